The van der Waals surface area contributed by atoms with Crippen LogP contribution in [0.15, 0.2) is 162 Å². The van der Waals surface area contributed by atoms with E-state index in [-0.39, 0.29) is 43.3 Å². The molecule has 4 aliphatic carbocycles. The van der Waals surface area contributed by atoms with Gasteiger partial charge >= 0.3 is 11.9 Å². The van der Waals surface area contributed by atoms with E-state index in [9.17, 15) is 25.2 Å². The molecule has 18 rings (SSSR count). The van der Waals surface area contributed by atoms with Crippen molar-refractivity contribution in [2.75, 3.05) is 36.2 Å². The Hall–Kier alpha value is -9.33. The van der Waals surface area contributed by atoms with E-state index in [4.69, 9.17) is 27.7 Å². The van der Waals surface area contributed by atoms with E-state index in [0.717, 1.165) is 81.4 Å². The Bertz CT molecular complexity index is 4850. The zero-order chi connectivity index (χ0) is 61.0. The number of hydrogen-bond donors (Lipinski definition) is 4. The molecule has 7 aromatic carbocycles. The van der Waals surface area contributed by atoms with E-state index >= 15 is 0 Å². The smallest absolute Gasteiger partial charge is 0.335 e. The average Bonchev–Trinajstić information content (AvgIpc) is 1.53. The van der Waals surface area contributed by atoms with Crippen LogP contribution in [0.25, 0.3) is 54.9 Å². The van der Waals surface area contributed by atoms with Gasteiger partial charge in [-0.1, -0.05) is 110 Å². The highest BCUT2D eigenvalue weighted by Crippen LogP contribution is 2.69. The van der Waals surface area contributed by atoms with Crippen molar-refractivity contribution in [2.45, 2.75) is 67.9 Å². The molecular weight excluding hydrogens is 1220 g/mol. The van der Waals surface area contributed by atoms with Gasteiger partial charge in [0, 0.05) is 68.9 Å². The predicted molar refractivity (Wildman–Crippen MR) is 362 cm³/mol. The Kier molecular flexibility index (Phi) is 12.5. The molecule has 7 heterocycles. The zero-order valence-electron chi connectivity index (χ0n) is 48.6. The van der Waals surface area contributed by atoms with Gasteiger partial charge in [-0.2, -0.15) is 8.75 Å². The number of para-hydroxylation sites is 2. The minimum absolute atomic E-state index is 0.0304. The number of carbonyl (C=O) groups is 2. The van der Waals surface area contributed by atoms with Crippen molar-refractivity contribution in [3.63, 3.8) is 0 Å². The fourth-order valence-electron chi connectivity index (χ4n) is 16.2. The van der Waals surface area contributed by atoms with Gasteiger partial charge in [0.1, 0.15) is 43.2 Å². The summed E-state index contributed by atoms with van der Waals surface area (Å²) >= 11 is 8.69. The lowest BCUT2D eigenvalue weighted by atomic mass is 9.74. The number of nitrogens with one attached hydrogen (secondary N) is 1. The number of carboxylic acid groups (broad SMARTS) is 2. The van der Waals surface area contributed by atoms with Crippen LogP contribution in [0.5, 0.6) is 23.0 Å². The predicted octanol–water partition coefficient (Wildman–Crippen LogP) is 16.8. The summed E-state index contributed by atoms with van der Waals surface area (Å²) in [7, 11) is 0. The number of carboxylic acids is 2. The fourth-order valence-corrected chi connectivity index (χ4v) is 20.0. The van der Waals surface area contributed by atoms with E-state index < -0.39 is 17.4 Å². The lowest BCUT2D eigenvalue weighted by molar-refractivity contribution is 0.0686. The van der Waals surface area contributed by atoms with Crippen molar-refractivity contribution in [1.29, 1.82) is 5.41 Å². The maximum absolute atomic E-state index is 13.0. The number of aromatic carboxylic acids is 2. The van der Waals surface area contributed by atoms with E-state index in [1.165, 1.54) is 58.0 Å². The molecule has 10 aromatic rings. The number of rotatable bonds is 10. The maximum Gasteiger partial charge on any atom is 0.335 e. The largest absolute Gasteiger partial charge is 0.485 e. The van der Waals surface area contributed by atoms with Gasteiger partial charge in [-0.15, -0.1) is 22.7 Å². The van der Waals surface area contributed by atoms with E-state index in [2.05, 4.69) is 130 Å². The monoisotopic (exact) mass is 1270 g/mol. The summed E-state index contributed by atoms with van der Waals surface area (Å²) in [6.07, 6.45) is 10.9. The molecule has 4 aliphatic heterocycles. The van der Waals surface area contributed by atoms with Gasteiger partial charge in [0.25, 0.3) is 0 Å². The molecule has 4 atom stereocenters. The van der Waals surface area contributed by atoms with Gasteiger partial charge in [-0.3, -0.25) is 5.41 Å². The molecule has 4 unspecified atom stereocenters. The highest BCUT2D eigenvalue weighted by atomic mass is 32.1. The molecule has 18 heteroatoms. The van der Waals surface area contributed by atoms with Crippen LogP contribution in [0.3, 0.4) is 0 Å². The summed E-state index contributed by atoms with van der Waals surface area (Å²) in [5.74, 6) is 0.530. The van der Waals surface area contributed by atoms with Crippen LogP contribution < -0.4 is 28.7 Å². The second kappa shape index (κ2) is 20.9. The van der Waals surface area contributed by atoms with Gasteiger partial charge in [-0.25, -0.2) is 14.0 Å². The molecule has 91 heavy (non-hydrogen) atoms. The van der Waals surface area contributed by atoms with Crippen molar-refractivity contribution in [1.82, 2.24) is 8.75 Å². The van der Waals surface area contributed by atoms with Gasteiger partial charge in [-0.05, 0) is 144 Å². The number of allylic oxidation sites excluding steroid dienone is 4. The van der Waals surface area contributed by atoms with E-state index in [1.807, 2.05) is 30.4 Å². The maximum atomic E-state index is 13.0. The number of thiol groups is 1. The number of fused-ring (bicyclic) bond motifs is 12. The Morgan fingerprint density at radius 2 is 1.04 bits per heavy atom. The molecule has 8 aliphatic rings. The highest BCUT2D eigenvalue weighted by molar-refractivity contribution is 7.79. The second-order valence-electron chi connectivity index (χ2n) is 24.4. The molecule has 0 radical (unpaired) electrons. The van der Waals surface area contributed by atoms with Crippen LogP contribution in [0.1, 0.15) is 114 Å². The van der Waals surface area contributed by atoms with Crippen molar-refractivity contribution in [2.24, 2.45) is 4.40 Å². The SMILES string of the molecule is N=C1C(c2ccc3c(c2)N(c2ccccc2)C2CCCC32)=CC=C(c2sc(C3(c4sc(-c5ccc(-c6ccc7c(c6)N(c6ccccc6)C6CCCC76)c6nsnc56)c5c4OCCO5)c4ccc(C(=O)O)cc4-c4cc(C(=O)O)ccc43)c3c2OCCO3)/C1=N/S. The normalized spacial score (nSPS) is 20.7. The summed E-state index contributed by atoms with van der Waals surface area (Å²) in [6, 6.07) is 49.9. The first-order valence-corrected chi connectivity index (χ1v) is 33.5. The molecule has 2 saturated carbocycles. The topological polar surface area (TPSA) is 180 Å². The van der Waals surface area contributed by atoms with Crippen LogP contribution >= 0.6 is 47.2 Å². The number of nitrogens with zero attached hydrogens (tertiary/aromatic N) is 5. The molecular formula is C73H54N6O8S4. The molecule has 0 bridgehead atoms. The van der Waals surface area contributed by atoms with Crippen molar-refractivity contribution < 1.29 is 38.7 Å². The first kappa shape index (κ1) is 54.6. The van der Waals surface area contributed by atoms with Gasteiger partial charge in [0.15, 0.2) is 23.0 Å². The first-order valence-electron chi connectivity index (χ1n) is 30.8. The van der Waals surface area contributed by atoms with Crippen LogP contribution in [0, 0.1) is 5.41 Å². The molecule has 0 spiro atoms. The van der Waals surface area contributed by atoms with Gasteiger partial charge in [0.05, 0.1) is 53.5 Å². The lowest BCUT2D eigenvalue weighted by Crippen LogP contribution is -2.29. The molecule has 448 valence electrons. The minimum Gasteiger partial charge on any atom is -0.485 e. The zero-order valence-corrected chi connectivity index (χ0v) is 52.0. The fraction of sp³-hybridized carbons (Fsp3) is 0.205. The van der Waals surface area contributed by atoms with Crippen LogP contribution in [-0.2, 0) is 5.41 Å². The third-order valence-corrected chi connectivity index (χ3v) is 23.3. The molecule has 14 nitrogen and oxygen atoms in total. The summed E-state index contributed by atoms with van der Waals surface area (Å²) in [5.41, 5.74) is 15.5. The number of ether oxygens (including phenoxy) is 4. The molecule has 3 N–H and O–H groups in total. The number of hydrogen-bond acceptors (Lipinski definition) is 16. The molecule has 0 saturated heterocycles. The Balaban J connectivity index is 0.825. The summed E-state index contributed by atoms with van der Waals surface area (Å²) < 4.78 is 42.1. The number of benzene rings is 7. The number of aromatic nitrogens is 2. The summed E-state index contributed by atoms with van der Waals surface area (Å²) in [5, 5.41) is 31.3. The number of thiophene rings is 2. The molecule has 2 fully saturated rings. The quantitative estimate of drug-likeness (QED) is 0.0753. The highest BCUT2D eigenvalue weighted by Gasteiger charge is 2.55. The first-order chi connectivity index (χ1) is 44.7. The number of anilines is 4. The third kappa shape index (κ3) is 7.95. The van der Waals surface area contributed by atoms with E-state index in [0.29, 0.717) is 106 Å². The molecule has 3 aromatic heterocycles. The Morgan fingerprint density at radius 3 is 1.60 bits per heavy atom. The third-order valence-electron chi connectivity index (χ3n) is 20.0. The van der Waals surface area contributed by atoms with E-state index in [1.54, 1.807) is 24.3 Å². The summed E-state index contributed by atoms with van der Waals surface area (Å²) in [6.45, 7) is 0.928. The van der Waals surface area contributed by atoms with Crippen molar-refractivity contribution in [3.05, 3.63) is 211 Å². The Labute approximate surface area is 540 Å². The van der Waals surface area contributed by atoms with Crippen LogP contribution in [0.2, 0.25) is 0 Å². The summed E-state index contributed by atoms with van der Waals surface area (Å²) in [4.78, 5) is 33.8. The standard InChI is InChI=1S/C73H54N6O8S4/c74-59-43(37-17-21-47-45-13-7-15-55(45)78(57(47)35-37)41-9-3-1-4-10-41)23-25-49(60(59)75-88)67-63-65(86-31-29-84-63)69(89-67)73(53-27-19-39(71(80)81)33-51(53)52-34-40(72(82)83)20-28-54(52)73)70-66-64(85-30-32-87-66)68(90-70)50-26-24-44(61-62(50)77-91-76-61)38-18-22-48-46-14-8-16-56(46)79(58(48)36-38)42-11-5-2-6-12-42/h1-6,9-12,17-28,33-36,45-46,55-56,74,88H,7-8,13-16,29-32H2,(H,80,81)(H,82,83)/b74-59?,75-60-. The van der Waals surface area contributed by atoms with Gasteiger partial charge < -0.3 is 39.0 Å². The van der Waals surface area contributed by atoms with Crippen molar-refractivity contribution >= 4 is 116 Å². The van der Waals surface area contributed by atoms with Crippen LogP contribution in [0.4, 0.5) is 22.7 Å². The average molecular weight is 1270 g/mol. The Morgan fingerprint density at radius 1 is 0.549 bits per heavy atom. The minimum atomic E-state index is -1.40. The van der Waals surface area contributed by atoms with Crippen LogP contribution in [-0.4, -0.2) is 80.8 Å². The lowest BCUT2D eigenvalue weighted by Gasteiger charge is -2.33. The molecule has 0 amide bonds. The van der Waals surface area contributed by atoms with Gasteiger partial charge in [0.2, 0.25) is 0 Å². The second-order valence-corrected chi connectivity index (χ2v) is 27.2. The van der Waals surface area contributed by atoms with Crippen molar-refractivity contribution in [3.8, 4) is 55.7 Å².